The molecule has 1 heterocycles. The molecule has 1 aliphatic heterocycles. The molecule has 0 atom stereocenters. The minimum Gasteiger partial charge on any atom is -0.309 e. The molecular weight excluding hydrogens is 229 g/mol. The van der Waals surface area contributed by atoms with Crippen molar-refractivity contribution in [2.24, 2.45) is 5.92 Å². The Morgan fingerprint density at radius 2 is 2.00 bits per heavy atom. The van der Waals surface area contributed by atoms with Gasteiger partial charge < -0.3 is 4.90 Å². The number of hydrogen-bond acceptors (Lipinski definition) is 1. The Balaban J connectivity index is 1.93. The van der Waals surface area contributed by atoms with E-state index in [-0.39, 0.29) is 17.6 Å². The summed E-state index contributed by atoms with van der Waals surface area (Å²) >= 11 is 0. The predicted molar refractivity (Wildman–Crippen MR) is 69.0 cm³/mol. The number of nitrogens with zero attached hydrogens (tertiary/aromatic N) is 1. The standard InChI is InChI=1S/C15H18FNO/c16-13-9-3-7-11-8-4-10-17(14(11)13)15(18)12-5-1-2-6-12/h3,7,9,12H,1-2,4-6,8,10H2. The number of para-hydroxylation sites is 1. The molecule has 1 saturated carbocycles. The van der Waals surface area contributed by atoms with E-state index in [2.05, 4.69) is 0 Å². The molecule has 0 bridgehead atoms. The zero-order valence-electron chi connectivity index (χ0n) is 10.5. The van der Waals surface area contributed by atoms with Crippen molar-refractivity contribution >= 4 is 11.6 Å². The van der Waals surface area contributed by atoms with Crippen LogP contribution in [0.2, 0.25) is 0 Å². The lowest BCUT2D eigenvalue weighted by Crippen LogP contribution is -2.39. The van der Waals surface area contributed by atoms with Gasteiger partial charge in [0.25, 0.3) is 0 Å². The van der Waals surface area contributed by atoms with Crippen molar-refractivity contribution in [3.63, 3.8) is 0 Å². The SMILES string of the molecule is O=C(C1CCCC1)N1CCCc2cccc(F)c21. The van der Waals surface area contributed by atoms with Crippen LogP contribution in [-0.2, 0) is 11.2 Å². The second-order valence-corrected chi connectivity index (χ2v) is 5.32. The molecule has 3 heteroatoms. The number of hydrogen-bond donors (Lipinski definition) is 0. The Hall–Kier alpha value is -1.38. The van der Waals surface area contributed by atoms with Crippen molar-refractivity contribution in [1.82, 2.24) is 0 Å². The molecule has 96 valence electrons. The summed E-state index contributed by atoms with van der Waals surface area (Å²) in [6.45, 7) is 0.670. The van der Waals surface area contributed by atoms with Gasteiger partial charge in [-0.15, -0.1) is 0 Å². The minimum absolute atomic E-state index is 0.121. The number of rotatable bonds is 1. The fourth-order valence-electron chi connectivity index (χ4n) is 3.22. The van der Waals surface area contributed by atoms with Gasteiger partial charge in [0.1, 0.15) is 5.82 Å². The van der Waals surface area contributed by atoms with Crippen LogP contribution in [0.5, 0.6) is 0 Å². The van der Waals surface area contributed by atoms with E-state index in [9.17, 15) is 9.18 Å². The maximum absolute atomic E-state index is 14.0. The van der Waals surface area contributed by atoms with Gasteiger partial charge in [0, 0.05) is 12.5 Å². The van der Waals surface area contributed by atoms with Gasteiger partial charge in [-0.1, -0.05) is 25.0 Å². The Bertz CT molecular complexity index is 466. The van der Waals surface area contributed by atoms with E-state index in [0.717, 1.165) is 44.1 Å². The van der Waals surface area contributed by atoms with Crippen LogP contribution in [-0.4, -0.2) is 12.5 Å². The third-order valence-electron chi connectivity index (χ3n) is 4.14. The highest BCUT2D eigenvalue weighted by atomic mass is 19.1. The summed E-state index contributed by atoms with van der Waals surface area (Å²) < 4.78 is 14.0. The molecule has 1 aliphatic carbocycles. The summed E-state index contributed by atoms with van der Waals surface area (Å²) in [6.07, 6.45) is 6.03. The summed E-state index contributed by atoms with van der Waals surface area (Å²) in [6, 6.07) is 5.13. The number of aryl methyl sites for hydroxylation is 1. The lowest BCUT2D eigenvalue weighted by molar-refractivity contribution is -0.122. The lowest BCUT2D eigenvalue weighted by Gasteiger charge is -2.31. The van der Waals surface area contributed by atoms with Gasteiger partial charge in [-0.3, -0.25) is 4.79 Å². The van der Waals surface area contributed by atoms with E-state index in [0.29, 0.717) is 12.2 Å². The van der Waals surface area contributed by atoms with E-state index in [1.807, 2.05) is 6.07 Å². The van der Waals surface area contributed by atoms with Crippen molar-refractivity contribution in [1.29, 1.82) is 0 Å². The molecule has 2 nitrogen and oxygen atoms in total. The maximum Gasteiger partial charge on any atom is 0.230 e. The van der Waals surface area contributed by atoms with Crippen LogP contribution in [0.25, 0.3) is 0 Å². The van der Waals surface area contributed by atoms with Crippen LogP contribution in [0.4, 0.5) is 10.1 Å². The quantitative estimate of drug-likeness (QED) is 0.745. The number of carbonyl (C=O) groups is 1. The molecule has 18 heavy (non-hydrogen) atoms. The molecule has 1 amide bonds. The van der Waals surface area contributed by atoms with Crippen molar-refractivity contribution in [3.05, 3.63) is 29.6 Å². The molecule has 1 aromatic rings. The van der Waals surface area contributed by atoms with E-state index in [1.165, 1.54) is 6.07 Å². The molecule has 1 fully saturated rings. The molecular formula is C15H18FNO. The summed E-state index contributed by atoms with van der Waals surface area (Å²) in [4.78, 5) is 14.2. The van der Waals surface area contributed by atoms with E-state index < -0.39 is 0 Å². The van der Waals surface area contributed by atoms with Crippen LogP contribution in [0, 0.1) is 11.7 Å². The van der Waals surface area contributed by atoms with Gasteiger partial charge in [-0.2, -0.15) is 0 Å². The summed E-state index contributed by atoms with van der Waals surface area (Å²) in [5.41, 5.74) is 1.52. The molecule has 0 spiro atoms. The summed E-state index contributed by atoms with van der Waals surface area (Å²) in [5, 5.41) is 0. The van der Waals surface area contributed by atoms with Crippen molar-refractivity contribution in [3.8, 4) is 0 Å². The van der Waals surface area contributed by atoms with Gasteiger partial charge in [0.05, 0.1) is 5.69 Å². The van der Waals surface area contributed by atoms with E-state index in [4.69, 9.17) is 0 Å². The van der Waals surface area contributed by atoms with Gasteiger partial charge in [0.15, 0.2) is 0 Å². The van der Waals surface area contributed by atoms with Crippen LogP contribution < -0.4 is 4.90 Å². The molecule has 0 radical (unpaired) electrons. The fourth-order valence-corrected chi connectivity index (χ4v) is 3.22. The molecule has 0 unspecified atom stereocenters. The van der Waals surface area contributed by atoms with Crippen LogP contribution in [0.3, 0.4) is 0 Å². The molecule has 3 rings (SSSR count). The number of carbonyl (C=O) groups excluding carboxylic acids is 1. The Morgan fingerprint density at radius 3 is 2.78 bits per heavy atom. The number of anilines is 1. The smallest absolute Gasteiger partial charge is 0.230 e. The average Bonchev–Trinajstić information content (AvgIpc) is 2.91. The van der Waals surface area contributed by atoms with Crippen LogP contribution >= 0.6 is 0 Å². The highest BCUT2D eigenvalue weighted by Gasteiger charge is 2.31. The maximum atomic E-state index is 14.0. The Morgan fingerprint density at radius 1 is 1.22 bits per heavy atom. The van der Waals surface area contributed by atoms with Gasteiger partial charge in [-0.25, -0.2) is 4.39 Å². The van der Waals surface area contributed by atoms with Crippen molar-refractivity contribution in [2.45, 2.75) is 38.5 Å². The lowest BCUT2D eigenvalue weighted by atomic mass is 9.98. The highest BCUT2D eigenvalue weighted by molar-refractivity contribution is 5.96. The topological polar surface area (TPSA) is 20.3 Å². The number of halogens is 1. The molecule has 2 aliphatic rings. The number of fused-ring (bicyclic) bond motifs is 1. The first-order chi connectivity index (χ1) is 8.77. The zero-order valence-corrected chi connectivity index (χ0v) is 10.5. The van der Waals surface area contributed by atoms with Gasteiger partial charge >= 0.3 is 0 Å². The van der Waals surface area contributed by atoms with Gasteiger partial charge in [0.2, 0.25) is 5.91 Å². The summed E-state index contributed by atoms with van der Waals surface area (Å²) in [7, 11) is 0. The van der Waals surface area contributed by atoms with Gasteiger partial charge in [-0.05, 0) is 37.3 Å². The first-order valence-electron chi connectivity index (χ1n) is 6.86. The second kappa shape index (κ2) is 4.71. The molecule has 1 aromatic carbocycles. The van der Waals surface area contributed by atoms with Crippen LogP contribution in [0.15, 0.2) is 18.2 Å². The third kappa shape index (κ3) is 1.92. The van der Waals surface area contributed by atoms with Crippen molar-refractivity contribution in [2.75, 3.05) is 11.4 Å². The Kier molecular flexibility index (Phi) is 3.06. The highest BCUT2D eigenvalue weighted by Crippen LogP contribution is 2.34. The normalized spacial score (nSPS) is 19.9. The average molecular weight is 247 g/mol. The van der Waals surface area contributed by atoms with Crippen LogP contribution in [0.1, 0.15) is 37.7 Å². The largest absolute Gasteiger partial charge is 0.309 e. The van der Waals surface area contributed by atoms with E-state index >= 15 is 0 Å². The third-order valence-corrected chi connectivity index (χ3v) is 4.14. The Labute approximate surface area is 107 Å². The zero-order chi connectivity index (χ0) is 12.5. The van der Waals surface area contributed by atoms with E-state index in [1.54, 1.807) is 11.0 Å². The monoisotopic (exact) mass is 247 g/mol. The number of amides is 1. The molecule has 0 saturated heterocycles. The molecule has 0 N–H and O–H groups in total. The molecule has 0 aromatic heterocycles. The van der Waals surface area contributed by atoms with Crippen molar-refractivity contribution < 1.29 is 9.18 Å². The minimum atomic E-state index is -0.251. The first-order valence-corrected chi connectivity index (χ1v) is 6.86. The predicted octanol–water partition coefficient (Wildman–Crippen LogP) is 3.30. The first kappa shape index (κ1) is 11.7. The summed E-state index contributed by atoms with van der Waals surface area (Å²) in [5.74, 6) is 0.00709. The fraction of sp³-hybridized carbons (Fsp3) is 0.533. The number of benzene rings is 1. The second-order valence-electron chi connectivity index (χ2n) is 5.32.